The molecule has 0 saturated heterocycles. The number of carboxylic acid groups (broad SMARTS) is 1. The minimum Gasteiger partial charge on any atom is -0.478 e. The van der Waals surface area contributed by atoms with E-state index in [0.717, 1.165) is 41.2 Å². The SMILES string of the molecule is CC=CCn1nc(CCc2ccccc2)nc1Cc1ccc(-c2ccccc2C(=O)O)cc1. The Bertz CT molecular complexity index is 1240. The summed E-state index contributed by atoms with van der Waals surface area (Å²) in [6.45, 7) is 2.69. The molecule has 0 bridgehead atoms. The van der Waals surface area contributed by atoms with Crippen LogP contribution in [0.25, 0.3) is 11.1 Å². The van der Waals surface area contributed by atoms with Crippen LogP contribution < -0.4 is 0 Å². The first-order valence-electron chi connectivity index (χ1n) is 11.1. The smallest absolute Gasteiger partial charge is 0.336 e. The first-order chi connectivity index (χ1) is 16.1. The summed E-state index contributed by atoms with van der Waals surface area (Å²) < 4.78 is 1.97. The molecule has 0 aliphatic heterocycles. The van der Waals surface area contributed by atoms with E-state index in [4.69, 9.17) is 10.1 Å². The molecule has 1 N–H and O–H groups in total. The molecule has 4 aromatic rings. The van der Waals surface area contributed by atoms with Gasteiger partial charge in [0.25, 0.3) is 0 Å². The third-order valence-electron chi connectivity index (χ3n) is 5.57. The van der Waals surface area contributed by atoms with Gasteiger partial charge in [0.2, 0.25) is 0 Å². The van der Waals surface area contributed by atoms with Gasteiger partial charge in [0.1, 0.15) is 5.82 Å². The van der Waals surface area contributed by atoms with Crippen LogP contribution >= 0.6 is 0 Å². The topological polar surface area (TPSA) is 68.0 Å². The standard InChI is InChI=1S/C28H27N3O2/c1-2-3-19-31-27(29-26(30-31)18-15-21-9-5-4-6-10-21)20-22-13-16-23(17-14-22)24-11-7-8-12-25(24)28(32)33/h2-14,16-17H,15,18-20H2,1H3,(H,32,33). The fourth-order valence-corrected chi connectivity index (χ4v) is 3.82. The zero-order valence-corrected chi connectivity index (χ0v) is 18.7. The van der Waals surface area contributed by atoms with Crippen molar-refractivity contribution in [2.75, 3.05) is 0 Å². The van der Waals surface area contributed by atoms with Crippen molar-refractivity contribution in [2.24, 2.45) is 0 Å². The number of hydrogen-bond acceptors (Lipinski definition) is 3. The Kier molecular flexibility index (Phi) is 7.10. The van der Waals surface area contributed by atoms with Gasteiger partial charge in [-0.05, 0) is 41.7 Å². The van der Waals surface area contributed by atoms with E-state index in [1.54, 1.807) is 12.1 Å². The van der Waals surface area contributed by atoms with Crippen molar-refractivity contribution in [3.8, 4) is 11.1 Å². The molecule has 0 radical (unpaired) electrons. The Balaban J connectivity index is 1.52. The summed E-state index contributed by atoms with van der Waals surface area (Å²) >= 11 is 0. The maximum atomic E-state index is 11.5. The Morgan fingerprint density at radius 1 is 0.909 bits per heavy atom. The molecule has 1 heterocycles. The Hall–Kier alpha value is -3.99. The molecule has 0 spiro atoms. The van der Waals surface area contributed by atoms with Gasteiger partial charge in [-0.1, -0.05) is 84.9 Å². The average Bonchev–Trinajstić information content (AvgIpc) is 3.24. The predicted octanol–water partition coefficient (Wildman–Crippen LogP) is 5.60. The third-order valence-corrected chi connectivity index (χ3v) is 5.57. The van der Waals surface area contributed by atoms with Crippen LogP contribution in [-0.2, 0) is 25.8 Å². The number of hydrogen-bond donors (Lipinski definition) is 1. The second-order valence-corrected chi connectivity index (χ2v) is 7.91. The molecular formula is C28H27N3O2. The summed E-state index contributed by atoms with van der Waals surface area (Å²) in [5.41, 5.74) is 4.29. The number of rotatable bonds is 9. The van der Waals surface area contributed by atoms with Gasteiger partial charge < -0.3 is 5.11 Å². The first-order valence-corrected chi connectivity index (χ1v) is 11.1. The normalized spacial score (nSPS) is 11.2. The van der Waals surface area contributed by atoms with E-state index >= 15 is 0 Å². The number of aromatic carboxylic acids is 1. The van der Waals surface area contributed by atoms with Gasteiger partial charge in [-0.25, -0.2) is 14.5 Å². The summed E-state index contributed by atoms with van der Waals surface area (Å²) in [5, 5.41) is 14.2. The molecule has 3 aromatic carbocycles. The molecule has 5 nitrogen and oxygen atoms in total. The Morgan fingerprint density at radius 3 is 2.36 bits per heavy atom. The summed E-state index contributed by atoms with van der Waals surface area (Å²) in [5.74, 6) is 0.856. The van der Waals surface area contributed by atoms with Crippen molar-refractivity contribution in [2.45, 2.75) is 32.7 Å². The predicted molar refractivity (Wildman–Crippen MR) is 130 cm³/mol. The molecule has 0 saturated carbocycles. The van der Waals surface area contributed by atoms with E-state index in [9.17, 15) is 9.90 Å². The molecule has 166 valence electrons. The number of allylic oxidation sites excluding steroid dienone is 2. The van der Waals surface area contributed by atoms with E-state index in [2.05, 4.69) is 30.3 Å². The van der Waals surface area contributed by atoms with Gasteiger partial charge in [0.05, 0.1) is 12.1 Å². The van der Waals surface area contributed by atoms with Crippen molar-refractivity contribution in [1.82, 2.24) is 14.8 Å². The van der Waals surface area contributed by atoms with Crippen molar-refractivity contribution < 1.29 is 9.90 Å². The number of benzene rings is 3. The fourth-order valence-electron chi connectivity index (χ4n) is 3.82. The van der Waals surface area contributed by atoms with Crippen LogP contribution in [0.4, 0.5) is 0 Å². The summed E-state index contributed by atoms with van der Waals surface area (Å²) in [7, 11) is 0. The third kappa shape index (κ3) is 5.63. The Labute approximate surface area is 194 Å². The minimum absolute atomic E-state index is 0.305. The lowest BCUT2D eigenvalue weighted by Crippen LogP contribution is -2.05. The maximum Gasteiger partial charge on any atom is 0.336 e. The van der Waals surface area contributed by atoms with Gasteiger partial charge >= 0.3 is 5.97 Å². The molecule has 0 aliphatic rings. The molecule has 0 aliphatic carbocycles. The Morgan fingerprint density at radius 2 is 1.64 bits per heavy atom. The summed E-state index contributed by atoms with van der Waals surface area (Å²) in [6, 6.07) is 25.5. The highest BCUT2D eigenvalue weighted by Gasteiger charge is 2.13. The van der Waals surface area contributed by atoms with Crippen LogP contribution in [0.5, 0.6) is 0 Å². The number of nitrogens with zero attached hydrogens (tertiary/aromatic N) is 3. The minimum atomic E-state index is -0.921. The quantitative estimate of drug-likeness (QED) is 0.346. The molecule has 0 amide bonds. The lowest BCUT2D eigenvalue weighted by atomic mass is 9.98. The van der Waals surface area contributed by atoms with E-state index in [1.165, 1.54) is 5.56 Å². The lowest BCUT2D eigenvalue weighted by Gasteiger charge is -2.08. The molecule has 0 unspecified atom stereocenters. The van der Waals surface area contributed by atoms with Crippen LogP contribution in [0.15, 0.2) is 91.0 Å². The first kappa shape index (κ1) is 22.2. The molecule has 5 heteroatoms. The molecule has 1 aromatic heterocycles. The second kappa shape index (κ2) is 10.6. The fraction of sp³-hybridized carbons (Fsp3) is 0.179. The molecular weight excluding hydrogens is 410 g/mol. The van der Waals surface area contributed by atoms with Gasteiger partial charge in [-0.3, -0.25) is 0 Å². The molecule has 0 atom stereocenters. The average molecular weight is 438 g/mol. The van der Waals surface area contributed by atoms with Crippen molar-refractivity contribution >= 4 is 5.97 Å². The monoisotopic (exact) mass is 437 g/mol. The number of aryl methyl sites for hydroxylation is 2. The largest absolute Gasteiger partial charge is 0.478 e. The highest BCUT2D eigenvalue weighted by Crippen LogP contribution is 2.24. The summed E-state index contributed by atoms with van der Waals surface area (Å²) in [4.78, 5) is 16.4. The van der Waals surface area contributed by atoms with Crippen molar-refractivity contribution in [1.29, 1.82) is 0 Å². The van der Waals surface area contributed by atoms with E-state index in [1.807, 2.05) is 60.1 Å². The number of carboxylic acids is 1. The highest BCUT2D eigenvalue weighted by molar-refractivity contribution is 5.95. The number of aromatic nitrogens is 3. The van der Waals surface area contributed by atoms with Gasteiger partial charge in [-0.2, -0.15) is 5.10 Å². The highest BCUT2D eigenvalue weighted by atomic mass is 16.4. The van der Waals surface area contributed by atoms with Crippen molar-refractivity contribution in [3.63, 3.8) is 0 Å². The van der Waals surface area contributed by atoms with Crippen LogP contribution in [-0.4, -0.2) is 25.8 Å². The molecule has 0 fully saturated rings. The van der Waals surface area contributed by atoms with E-state index in [-0.39, 0.29) is 0 Å². The van der Waals surface area contributed by atoms with E-state index in [0.29, 0.717) is 18.5 Å². The second-order valence-electron chi connectivity index (χ2n) is 7.91. The number of carbonyl (C=O) groups is 1. The zero-order chi connectivity index (χ0) is 23.0. The van der Waals surface area contributed by atoms with Crippen LogP contribution in [0, 0.1) is 0 Å². The van der Waals surface area contributed by atoms with Crippen molar-refractivity contribution in [3.05, 3.63) is 119 Å². The van der Waals surface area contributed by atoms with Gasteiger partial charge in [-0.15, -0.1) is 0 Å². The van der Waals surface area contributed by atoms with Crippen LogP contribution in [0.2, 0.25) is 0 Å². The van der Waals surface area contributed by atoms with Crippen LogP contribution in [0.1, 0.15) is 40.1 Å². The molecule has 33 heavy (non-hydrogen) atoms. The lowest BCUT2D eigenvalue weighted by molar-refractivity contribution is 0.0697. The van der Waals surface area contributed by atoms with Crippen LogP contribution in [0.3, 0.4) is 0 Å². The molecule has 4 rings (SSSR count). The summed E-state index contributed by atoms with van der Waals surface area (Å²) in [6.07, 6.45) is 6.46. The maximum absolute atomic E-state index is 11.5. The van der Waals surface area contributed by atoms with E-state index < -0.39 is 5.97 Å². The van der Waals surface area contributed by atoms with Gasteiger partial charge in [0.15, 0.2) is 5.82 Å². The zero-order valence-electron chi connectivity index (χ0n) is 18.7. The van der Waals surface area contributed by atoms with Gasteiger partial charge in [0, 0.05) is 12.8 Å².